The standard InChI is InChI=1S/2C4H9.2C2H2O3S.Sn/c2*1-3-4-2;2*3-1(4)2(5)6;/h2*1,3-4H2,2H3;2*(H,3,4)(H,5,6);/q;;;;+2/p-2. The van der Waals surface area contributed by atoms with E-state index in [0.29, 0.717) is 0 Å². The van der Waals surface area contributed by atoms with Crippen molar-refractivity contribution in [3.63, 3.8) is 0 Å². The van der Waals surface area contributed by atoms with Crippen molar-refractivity contribution in [3.05, 3.63) is 0 Å². The van der Waals surface area contributed by atoms with Crippen LogP contribution >= 0.6 is 0 Å². The molecule has 0 aromatic carbocycles. The van der Waals surface area contributed by atoms with Crippen LogP contribution in [0.15, 0.2) is 0 Å². The Morgan fingerprint density at radius 2 is 1.05 bits per heavy atom. The van der Waals surface area contributed by atoms with Crippen molar-refractivity contribution in [2.24, 2.45) is 0 Å². The maximum atomic E-state index is 9.36. The number of unbranched alkanes of at least 4 members (excludes halogenated alkanes) is 2. The first-order chi connectivity index (χ1) is 9.70. The van der Waals surface area contributed by atoms with Gasteiger partial charge in [-0.1, -0.05) is 0 Å². The Morgan fingerprint density at radius 1 is 0.810 bits per heavy atom. The van der Waals surface area contributed by atoms with Crippen LogP contribution in [-0.4, -0.2) is 53.5 Å². The van der Waals surface area contributed by atoms with Crippen LogP contribution in [0.4, 0.5) is 0 Å². The Bertz CT molecular complexity index is 269. The Labute approximate surface area is 146 Å². The molecule has 0 rings (SSSR count). The zero-order chi connectivity index (χ0) is 17.3. The number of hydrogen-bond donors (Lipinski definition) is 2. The van der Waals surface area contributed by atoms with E-state index < -0.39 is 22.2 Å². The predicted octanol–water partition coefficient (Wildman–Crippen LogP) is 1.42. The van der Waals surface area contributed by atoms with Gasteiger partial charge in [-0.2, -0.15) is 0 Å². The summed E-state index contributed by atoms with van der Waals surface area (Å²) in [5.41, 5.74) is 0. The molecule has 0 radical (unpaired) electrons. The Kier molecular flexibility index (Phi) is 23.7. The fourth-order valence-electron chi connectivity index (χ4n) is 0.729. The molecule has 21 heavy (non-hydrogen) atoms. The van der Waals surface area contributed by atoms with E-state index in [1.807, 2.05) is 0 Å². The van der Waals surface area contributed by atoms with Crippen LogP contribution < -0.4 is 0 Å². The molecule has 0 aliphatic rings. The second-order valence-corrected chi connectivity index (χ2v) is 8.67. The van der Waals surface area contributed by atoms with Crippen molar-refractivity contribution >= 4 is 68.6 Å². The summed E-state index contributed by atoms with van der Waals surface area (Å²) in [5, 5.41) is 12.6. The van der Waals surface area contributed by atoms with Crippen LogP contribution in [0.2, 0.25) is 8.87 Å². The number of carboxylic acid groups (broad SMARTS) is 2. The van der Waals surface area contributed by atoms with Gasteiger partial charge in [0.1, 0.15) is 10.2 Å². The van der Waals surface area contributed by atoms with Crippen molar-refractivity contribution < 1.29 is 29.4 Å². The Balaban J connectivity index is -0.000000240. The maximum Gasteiger partial charge on any atom is 0.348 e. The number of aliphatic carboxylic acids is 2. The second-order valence-electron chi connectivity index (χ2n) is 3.64. The molecule has 6 nitrogen and oxygen atoms in total. The van der Waals surface area contributed by atoms with Crippen LogP contribution in [-0.2, 0) is 44.4 Å². The molecule has 0 heterocycles. The fraction of sp³-hybridized carbons (Fsp3) is 0.667. The third-order valence-corrected chi connectivity index (χ3v) is 6.15. The molecule has 0 saturated heterocycles. The van der Waals surface area contributed by atoms with Crippen LogP contribution in [0.1, 0.15) is 39.5 Å². The molecule has 0 unspecified atom stereocenters. The first-order valence-electron chi connectivity index (χ1n) is 6.29. The van der Waals surface area contributed by atoms with Gasteiger partial charge >= 0.3 is 81.5 Å². The smallest absolute Gasteiger partial charge is 0.348 e. The van der Waals surface area contributed by atoms with E-state index in [-0.39, 0.29) is 21.1 Å². The molecule has 0 amide bonds. The first kappa shape index (κ1) is 25.5. The summed E-state index contributed by atoms with van der Waals surface area (Å²) in [4.78, 5) is 37.2. The molecule has 0 bridgehead atoms. The molecule has 120 valence electrons. The van der Waals surface area contributed by atoms with Crippen LogP contribution in [0.25, 0.3) is 0 Å². The largest absolute Gasteiger partial charge is 0.730 e. The number of rotatable bonds is 8. The summed E-state index contributed by atoms with van der Waals surface area (Å²) in [6, 6.07) is 0. The maximum absolute atomic E-state index is 9.36. The van der Waals surface area contributed by atoms with Gasteiger partial charge in [0.2, 0.25) is 0 Å². The summed E-state index contributed by atoms with van der Waals surface area (Å²) in [5.74, 6) is -3.13. The second kappa shape index (κ2) is 19.5. The normalized spacial score (nSPS) is 8.10. The minimum Gasteiger partial charge on any atom is -0.730 e. The van der Waals surface area contributed by atoms with E-state index in [2.05, 4.69) is 39.1 Å². The van der Waals surface area contributed by atoms with Gasteiger partial charge in [0.15, 0.2) is 0 Å². The Morgan fingerprint density at radius 3 is 1.19 bits per heavy atom. The van der Waals surface area contributed by atoms with Gasteiger partial charge in [-0.15, -0.1) is 0 Å². The summed E-state index contributed by atoms with van der Waals surface area (Å²) in [7, 11) is 0. The van der Waals surface area contributed by atoms with Crippen LogP contribution in [0.3, 0.4) is 0 Å². The van der Waals surface area contributed by atoms with Gasteiger partial charge in [-0.25, -0.2) is 9.59 Å². The van der Waals surface area contributed by atoms with Crippen molar-refractivity contribution in [1.82, 2.24) is 0 Å². The molecular weight excluding hydrogens is 423 g/mol. The van der Waals surface area contributed by atoms with Crippen LogP contribution in [0.5, 0.6) is 0 Å². The average molecular weight is 443 g/mol. The molecule has 2 N–H and O–H groups in total. The fourth-order valence-corrected chi connectivity index (χ4v) is 4.89. The van der Waals surface area contributed by atoms with E-state index in [4.69, 9.17) is 10.2 Å². The van der Waals surface area contributed by atoms with Crippen molar-refractivity contribution in [2.75, 3.05) is 0 Å². The molecule has 0 aromatic rings. The van der Waals surface area contributed by atoms with Gasteiger partial charge in [0.05, 0.1) is 0 Å². The van der Waals surface area contributed by atoms with E-state index in [1.54, 1.807) is 8.87 Å². The molecule has 9 heteroatoms. The van der Waals surface area contributed by atoms with E-state index >= 15 is 0 Å². The molecule has 0 fully saturated rings. The molecular formula is C12H20O6S2Sn. The molecule has 0 aromatic heterocycles. The molecule has 0 aliphatic carbocycles. The number of hydrogen-bond acceptors (Lipinski definition) is 6. The zero-order valence-corrected chi connectivity index (χ0v) is 16.6. The summed E-state index contributed by atoms with van der Waals surface area (Å²) in [6.07, 6.45) is 5.84. The molecule has 0 aliphatic heterocycles. The average Bonchev–Trinajstić information content (AvgIpc) is 2.40. The number of carboxylic acids is 2. The van der Waals surface area contributed by atoms with E-state index in [1.165, 1.54) is 25.7 Å². The number of carbonyl (C=O) groups excluding carboxylic acids is 2. The van der Waals surface area contributed by atoms with Gasteiger partial charge in [0, 0.05) is 0 Å². The van der Waals surface area contributed by atoms with Gasteiger partial charge in [0.25, 0.3) is 0 Å². The van der Waals surface area contributed by atoms with Crippen molar-refractivity contribution in [1.29, 1.82) is 0 Å². The predicted molar refractivity (Wildman–Crippen MR) is 85.2 cm³/mol. The molecule has 0 saturated carbocycles. The van der Waals surface area contributed by atoms with E-state index in [0.717, 1.165) is 0 Å². The van der Waals surface area contributed by atoms with Gasteiger partial charge in [-0.05, 0) is 0 Å². The number of carbonyl (C=O) groups is 4. The van der Waals surface area contributed by atoms with Crippen LogP contribution in [0, 0.1) is 0 Å². The van der Waals surface area contributed by atoms with Crippen molar-refractivity contribution in [3.8, 4) is 0 Å². The molecule has 0 spiro atoms. The molecule has 0 atom stereocenters. The zero-order valence-electron chi connectivity index (χ0n) is 12.1. The summed E-state index contributed by atoms with van der Waals surface area (Å²) < 4.78 is 3.25. The summed E-state index contributed by atoms with van der Waals surface area (Å²) >= 11 is 7.48. The summed E-state index contributed by atoms with van der Waals surface area (Å²) in [6.45, 7) is 4.58. The minimum absolute atomic E-state index is 0.149. The third-order valence-electron chi connectivity index (χ3n) is 1.76. The quantitative estimate of drug-likeness (QED) is 0.251. The SMILES string of the molecule is CCC[CH2][Sn+2][CH2]CCC.O=C(O)C(=O)[S-].O=C(O)C(=O)[S-]. The first-order valence-corrected chi connectivity index (χ1v) is 11.1. The van der Waals surface area contributed by atoms with Gasteiger partial charge < -0.3 is 45.1 Å². The monoisotopic (exact) mass is 444 g/mol. The van der Waals surface area contributed by atoms with E-state index in [9.17, 15) is 19.2 Å². The third kappa shape index (κ3) is 32.8. The van der Waals surface area contributed by atoms with Gasteiger partial charge in [-0.3, -0.25) is 0 Å². The van der Waals surface area contributed by atoms with Crippen molar-refractivity contribution in [2.45, 2.75) is 48.4 Å². The Hall–Kier alpha value is -0.481. The minimum atomic E-state index is -1.56. The topological polar surface area (TPSA) is 109 Å².